The van der Waals surface area contributed by atoms with Gasteiger partial charge >= 0.3 is 12.0 Å². The zero-order valence-corrected chi connectivity index (χ0v) is 10.6. The van der Waals surface area contributed by atoms with Gasteiger partial charge in [-0.3, -0.25) is 4.79 Å². The Labute approximate surface area is 102 Å². The number of likely N-dealkylation sites (tertiary alicyclic amines) is 1. The van der Waals surface area contributed by atoms with Crippen molar-refractivity contribution in [1.82, 2.24) is 10.2 Å². The second-order valence-electron chi connectivity index (χ2n) is 4.66. The molecule has 0 radical (unpaired) electrons. The molecule has 1 saturated heterocycles. The molecule has 0 bridgehead atoms. The fourth-order valence-corrected chi connectivity index (χ4v) is 2.42. The molecule has 0 aromatic heterocycles. The number of carboxylic acids is 1. The van der Waals surface area contributed by atoms with Gasteiger partial charge in [0.1, 0.15) is 0 Å². The van der Waals surface area contributed by atoms with E-state index >= 15 is 0 Å². The molecule has 1 aliphatic rings. The molecule has 1 rings (SSSR count). The van der Waals surface area contributed by atoms with Gasteiger partial charge in [-0.2, -0.15) is 0 Å². The summed E-state index contributed by atoms with van der Waals surface area (Å²) in [5, 5.41) is 11.3. The van der Waals surface area contributed by atoms with E-state index in [1.807, 2.05) is 4.90 Å². The molecule has 2 N–H and O–H groups in total. The third kappa shape index (κ3) is 3.91. The summed E-state index contributed by atoms with van der Waals surface area (Å²) in [6.45, 7) is 5.51. The second kappa shape index (κ2) is 6.47. The number of nitrogens with zero attached hydrogens (tertiary/aromatic N) is 1. The van der Waals surface area contributed by atoms with Crippen LogP contribution in [0.1, 0.15) is 39.5 Å². The molecule has 1 fully saturated rings. The topological polar surface area (TPSA) is 69.6 Å². The number of carbonyl (C=O) groups is 2. The molecule has 98 valence electrons. The minimum absolute atomic E-state index is 0.0495. The summed E-state index contributed by atoms with van der Waals surface area (Å²) < 4.78 is 0. The van der Waals surface area contributed by atoms with Crippen LogP contribution in [-0.4, -0.2) is 41.1 Å². The van der Waals surface area contributed by atoms with Gasteiger partial charge in [0.05, 0.1) is 0 Å². The largest absolute Gasteiger partial charge is 0.481 e. The van der Waals surface area contributed by atoms with Crippen LogP contribution < -0.4 is 5.32 Å². The van der Waals surface area contributed by atoms with Crippen molar-refractivity contribution in [3.05, 3.63) is 0 Å². The number of hydrogen-bond donors (Lipinski definition) is 2. The normalized spacial score (nSPS) is 23.8. The summed E-state index contributed by atoms with van der Waals surface area (Å²) in [7, 11) is 0. The van der Waals surface area contributed by atoms with Gasteiger partial charge in [-0.15, -0.1) is 0 Å². The van der Waals surface area contributed by atoms with Crippen LogP contribution in [0, 0.1) is 5.92 Å². The molecule has 5 nitrogen and oxygen atoms in total. The van der Waals surface area contributed by atoms with E-state index in [2.05, 4.69) is 19.2 Å². The maximum Gasteiger partial charge on any atom is 0.317 e. The Hall–Kier alpha value is -1.26. The molecule has 0 saturated carbocycles. The number of aliphatic carboxylic acids is 1. The number of urea groups is 1. The van der Waals surface area contributed by atoms with E-state index in [1.165, 1.54) is 0 Å². The monoisotopic (exact) mass is 242 g/mol. The fraction of sp³-hybridized carbons (Fsp3) is 0.833. The van der Waals surface area contributed by atoms with Gasteiger partial charge in [-0.1, -0.05) is 13.8 Å². The second-order valence-corrected chi connectivity index (χ2v) is 4.66. The van der Waals surface area contributed by atoms with Gasteiger partial charge in [0.2, 0.25) is 0 Å². The van der Waals surface area contributed by atoms with Crippen LogP contribution in [0.4, 0.5) is 4.79 Å². The Morgan fingerprint density at radius 1 is 1.47 bits per heavy atom. The lowest BCUT2D eigenvalue weighted by Crippen LogP contribution is -2.44. The van der Waals surface area contributed by atoms with Crippen LogP contribution in [0.25, 0.3) is 0 Å². The summed E-state index contributed by atoms with van der Waals surface area (Å²) >= 11 is 0. The van der Waals surface area contributed by atoms with Crippen molar-refractivity contribution >= 4 is 12.0 Å². The van der Waals surface area contributed by atoms with E-state index in [9.17, 15) is 9.59 Å². The molecular formula is C12H22N2O3. The molecule has 2 amide bonds. The van der Waals surface area contributed by atoms with Crippen molar-refractivity contribution in [1.29, 1.82) is 0 Å². The number of rotatable bonds is 5. The van der Waals surface area contributed by atoms with Gasteiger partial charge in [0, 0.05) is 25.6 Å². The number of nitrogens with one attached hydrogen (secondary N) is 1. The maximum atomic E-state index is 11.9. The SMILES string of the molecule is CCC1C(C)CCN1C(=O)NCCCC(=O)O. The van der Waals surface area contributed by atoms with Crippen molar-refractivity contribution in [2.45, 2.75) is 45.6 Å². The third-order valence-electron chi connectivity index (χ3n) is 3.41. The molecule has 17 heavy (non-hydrogen) atoms. The van der Waals surface area contributed by atoms with Crippen LogP contribution in [0.2, 0.25) is 0 Å². The van der Waals surface area contributed by atoms with E-state index in [4.69, 9.17) is 5.11 Å². The summed E-state index contributed by atoms with van der Waals surface area (Å²) in [6.07, 6.45) is 2.62. The first-order chi connectivity index (χ1) is 8.06. The third-order valence-corrected chi connectivity index (χ3v) is 3.41. The lowest BCUT2D eigenvalue weighted by atomic mass is 10.0. The summed E-state index contributed by atoms with van der Waals surface area (Å²) in [5.41, 5.74) is 0. The van der Waals surface area contributed by atoms with Crippen LogP contribution in [-0.2, 0) is 4.79 Å². The van der Waals surface area contributed by atoms with Crippen molar-refractivity contribution in [2.75, 3.05) is 13.1 Å². The lowest BCUT2D eigenvalue weighted by Gasteiger charge is -2.26. The van der Waals surface area contributed by atoms with E-state index < -0.39 is 5.97 Å². The number of carboxylic acid groups (broad SMARTS) is 1. The zero-order chi connectivity index (χ0) is 12.8. The van der Waals surface area contributed by atoms with Crippen molar-refractivity contribution < 1.29 is 14.7 Å². The smallest absolute Gasteiger partial charge is 0.317 e. The predicted octanol–water partition coefficient (Wildman–Crippen LogP) is 1.68. The molecule has 2 atom stereocenters. The Morgan fingerprint density at radius 3 is 2.76 bits per heavy atom. The maximum absolute atomic E-state index is 11.9. The Kier molecular flexibility index (Phi) is 5.25. The molecule has 5 heteroatoms. The Morgan fingerprint density at radius 2 is 2.18 bits per heavy atom. The lowest BCUT2D eigenvalue weighted by molar-refractivity contribution is -0.137. The number of hydrogen-bond acceptors (Lipinski definition) is 2. The molecular weight excluding hydrogens is 220 g/mol. The highest BCUT2D eigenvalue weighted by molar-refractivity contribution is 5.75. The van der Waals surface area contributed by atoms with Gasteiger partial charge in [-0.25, -0.2) is 4.79 Å². The highest BCUT2D eigenvalue weighted by Crippen LogP contribution is 2.25. The summed E-state index contributed by atoms with van der Waals surface area (Å²) in [6, 6.07) is 0.279. The minimum Gasteiger partial charge on any atom is -0.481 e. The summed E-state index contributed by atoms with van der Waals surface area (Å²) in [4.78, 5) is 24.1. The first kappa shape index (κ1) is 13.8. The van der Waals surface area contributed by atoms with Crippen molar-refractivity contribution in [3.63, 3.8) is 0 Å². The van der Waals surface area contributed by atoms with Gasteiger partial charge in [0.25, 0.3) is 0 Å². The molecule has 0 aliphatic carbocycles. The average Bonchev–Trinajstić information content (AvgIpc) is 2.65. The highest BCUT2D eigenvalue weighted by atomic mass is 16.4. The zero-order valence-electron chi connectivity index (χ0n) is 10.6. The summed E-state index contributed by atoms with van der Waals surface area (Å²) in [5.74, 6) is -0.259. The molecule has 1 heterocycles. The van der Waals surface area contributed by atoms with E-state index in [0.717, 1.165) is 19.4 Å². The highest BCUT2D eigenvalue weighted by Gasteiger charge is 2.32. The standard InChI is InChI=1S/C12H22N2O3/c1-3-10-9(2)6-8-14(10)12(17)13-7-4-5-11(15)16/h9-10H,3-8H2,1-2H3,(H,13,17)(H,15,16). The predicted molar refractivity (Wildman–Crippen MR) is 64.8 cm³/mol. The van der Waals surface area contributed by atoms with Crippen molar-refractivity contribution in [3.8, 4) is 0 Å². The van der Waals surface area contributed by atoms with Crippen molar-refractivity contribution in [2.24, 2.45) is 5.92 Å². The minimum atomic E-state index is -0.819. The van der Waals surface area contributed by atoms with Crippen LogP contribution in [0.15, 0.2) is 0 Å². The molecule has 0 aromatic rings. The van der Waals surface area contributed by atoms with Crippen LogP contribution in [0.3, 0.4) is 0 Å². The first-order valence-electron chi connectivity index (χ1n) is 6.32. The van der Waals surface area contributed by atoms with E-state index in [-0.39, 0.29) is 12.5 Å². The molecule has 2 unspecified atom stereocenters. The fourth-order valence-electron chi connectivity index (χ4n) is 2.42. The van der Waals surface area contributed by atoms with E-state index in [0.29, 0.717) is 24.9 Å². The number of carbonyl (C=O) groups excluding carboxylic acids is 1. The molecule has 0 aromatic carbocycles. The average molecular weight is 242 g/mol. The number of amides is 2. The van der Waals surface area contributed by atoms with Gasteiger partial charge < -0.3 is 15.3 Å². The molecule has 1 aliphatic heterocycles. The van der Waals surface area contributed by atoms with Gasteiger partial charge in [0.15, 0.2) is 0 Å². The quantitative estimate of drug-likeness (QED) is 0.721. The Bertz CT molecular complexity index is 281. The van der Waals surface area contributed by atoms with Gasteiger partial charge in [-0.05, 0) is 25.2 Å². The molecule has 0 spiro atoms. The first-order valence-corrected chi connectivity index (χ1v) is 6.32. The van der Waals surface area contributed by atoms with E-state index in [1.54, 1.807) is 0 Å². The van der Waals surface area contributed by atoms with Crippen LogP contribution in [0.5, 0.6) is 0 Å². The van der Waals surface area contributed by atoms with Crippen LogP contribution >= 0.6 is 0 Å². The Balaban J connectivity index is 2.30.